The third-order valence-electron chi connectivity index (χ3n) is 3.39. The van der Waals surface area contributed by atoms with Gasteiger partial charge in [-0.2, -0.15) is 0 Å². The number of rotatable bonds is 5. The van der Waals surface area contributed by atoms with Crippen molar-refractivity contribution in [1.29, 1.82) is 0 Å². The van der Waals surface area contributed by atoms with E-state index in [2.05, 4.69) is 31.2 Å². The van der Waals surface area contributed by atoms with Crippen LogP contribution in [0.25, 0.3) is 0 Å². The Hall–Kier alpha value is -0.820. The van der Waals surface area contributed by atoms with Crippen molar-refractivity contribution in [3.05, 3.63) is 35.4 Å². The summed E-state index contributed by atoms with van der Waals surface area (Å²) in [6, 6.07) is 8.92. The summed E-state index contributed by atoms with van der Waals surface area (Å²) >= 11 is 0. The average Bonchev–Trinajstić information content (AvgIpc) is 3.02. The van der Waals surface area contributed by atoms with Gasteiger partial charge in [-0.3, -0.25) is 0 Å². The summed E-state index contributed by atoms with van der Waals surface area (Å²) in [4.78, 5) is 0. The van der Waals surface area contributed by atoms with E-state index in [1.165, 1.54) is 36.8 Å². The number of aryl methyl sites for hydroxylation is 1. The lowest BCUT2D eigenvalue weighted by molar-refractivity contribution is 0.550. The standard InChI is InChI=1S/C14H21N/c1-11-4-2-3-5-13(11)10-14(15)9-8-12-6-7-12/h2-5,12,14H,6-10,15H2,1H3. The quantitative estimate of drug-likeness (QED) is 0.782. The van der Waals surface area contributed by atoms with E-state index in [0.717, 1.165) is 12.3 Å². The first-order valence-electron chi connectivity index (χ1n) is 6.06. The van der Waals surface area contributed by atoms with E-state index in [4.69, 9.17) is 5.73 Å². The third-order valence-corrected chi connectivity index (χ3v) is 3.39. The maximum absolute atomic E-state index is 6.15. The summed E-state index contributed by atoms with van der Waals surface area (Å²) in [6.07, 6.45) is 6.46. The first-order valence-corrected chi connectivity index (χ1v) is 6.06. The molecular weight excluding hydrogens is 182 g/mol. The highest BCUT2D eigenvalue weighted by molar-refractivity contribution is 5.26. The summed E-state index contributed by atoms with van der Waals surface area (Å²) in [6.45, 7) is 2.17. The van der Waals surface area contributed by atoms with Crippen LogP contribution in [0.15, 0.2) is 24.3 Å². The molecule has 82 valence electrons. The summed E-state index contributed by atoms with van der Waals surface area (Å²) in [5, 5.41) is 0. The van der Waals surface area contributed by atoms with E-state index in [9.17, 15) is 0 Å². The molecule has 0 saturated heterocycles. The number of hydrogen-bond donors (Lipinski definition) is 1. The van der Waals surface area contributed by atoms with Gasteiger partial charge in [0.2, 0.25) is 0 Å². The van der Waals surface area contributed by atoms with E-state index in [1.807, 2.05) is 0 Å². The summed E-state index contributed by atoms with van der Waals surface area (Å²) in [7, 11) is 0. The highest BCUT2D eigenvalue weighted by atomic mass is 14.6. The van der Waals surface area contributed by atoms with Crippen LogP contribution in [0.5, 0.6) is 0 Å². The van der Waals surface area contributed by atoms with Crippen molar-refractivity contribution in [3.8, 4) is 0 Å². The molecule has 2 rings (SSSR count). The van der Waals surface area contributed by atoms with E-state index >= 15 is 0 Å². The van der Waals surface area contributed by atoms with Gasteiger partial charge in [0.1, 0.15) is 0 Å². The van der Waals surface area contributed by atoms with Crippen LogP contribution in [0.2, 0.25) is 0 Å². The molecule has 1 fully saturated rings. The minimum Gasteiger partial charge on any atom is -0.327 e. The van der Waals surface area contributed by atoms with Crippen LogP contribution in [0.3, 0.4) is 0 Å². The molecule has 1 atom stereocenters. The molecule has 2 N–H and O–H groups in total. The molecule has 0 radical (unpaired) electrons. The first kappa shape index (κ1) is 10.7. The number of nitrogens with two attached hydrogens (primary N) is 1. The molecule has 15 heavy (non-hydrogen) atoms. The van der Waals surface area contributed by atoms with Crippen LogP contribution < -0.4 is 5.73 Å². The Morgan fingerprint density at radius 1 is 1.33 bits per heavy atom. The average molecular weight is 203 g/mol. The molecule has 0 spiro atoms. The minimum atomic E-state index is 0.353. The molecule has 0 bridgehead atoms. The highest BCUT2D eigenvalue weighted by Crippen LogP contribution is 2.33. The fourth-order valence-corrected chi connectivity index (χ4v) is 2.08. The summed E-state index contributed by atoms with van der Waals surface area (Å²) in [5.74, 6) is 1.01. The van der Waals surface area contributed by atoms with Crippen molar-refractivity contribution in [2.45, 2.75) is 45.1 Å². The normalized spacial score (nSPS) is 17.7. The molecule has 1 nitrogen and oxygen atoms in total. The molecule has 1 aromatic carbocycles. The number of benzene rings is 1. The van der Waals surface area contributed by atoms with Crippen LogP contribution >= 0.6 is 0 Å². The Balaban J connectivity index is 1.81. The smallest absolute Gasteiger partial charge is 0.00795 e. The fourth-order valence-electron chi connectivity index (χ4n) is 2.08. The highest BCUT2D eigenvalue weighted by Gasteiger charge is 2.21. The Labute approximate surface area is 92.7 Å². The molecule has 1 heteroatoms. The van der Waals surface area contributed by atoms with Crippen LogP contribution in [0.4, 0.5) is 0 Å². The van der Waals surface area contributed by atoms with E-state index < -0.39 is 0 Å². The maximum Gasteiger partial charge on any atom is 0.00795 e. The van der Waals surface area contributed by atoms with Crippen molar-refractivity contribution >= 4 is 0 Å². The van der Waals surface area contributed by atoms with Crippen LogP contribution in [-0.2, 0) is 6.42 Å². The van der Waals surface area contributed by atoms with E-state index in [-0.39, 0.29) is 0 Å². The molecule has 0 aliphatic heterocycles. The first-order chi connectivity index (χ1) is 7.25. The van der Waals surface area contributed by atoms with E-state index in [0.29, 0.717) is 6.04 Å². The topological polar surface area (TPSA) is 26.0 Å². The van der Waals surface area contributed by atoms with Gasteiger partial charge in [0.15, 0.2) is 0 Å². The van der Waals surface area contributed by atoms with Crippen molar-refractivity contribution in [2.75, 3.05) is 0 Å². The molecule has 0 aromatic heterocycles. The monoisotopic (exact) mass is 203 g/mol. The predicted octanol–water partition coefficient (Wildman–Crippen LogP) is 3.06. The molecular formula is C14H21N. The van der Waals surface area contributed by atoms with Gasteiger partial charge >= 0.3 is 0 Å². The Morgan fingerprint density at radius 3 is 2.73 bits per heavy atom. The van der Waals surface area contributed by atoms with Gasteiger partial charge in [-0.15, -0.1) is 0 Å². The molecule has 1 unspecified atom stereocenters. The predicted molar refractivity (Wildman–Crippen MR) is 64.8 cm³/mol. The molecule has 0 amide bonds. The maximum atomic E-state index is 6.15. The minimum absolute atomic E-state index is 0.353. The van der Waals surface area contributed by atoms with Crippen molar-refractivity contribution in [2.24, 2.45) is 11.7 Å². The molecule has 0 heterocycles. The third kappa shape index (κ3) is 3.35. The second-order valence-electron chi connectivity index (χ2n) is 4.91. The molecule has 1 aliphatic rings. The number of hydrogen-bond acceptors (Lipinski definition) is 1. The van der Waals surface area contributed by atoms with Gasteiger partial charge in [0.05, 0.1) is 0 Å². The lowest BCUT2D eigenvalue weighted by Gasteiger charge is -2.12. The molecule has 1 aromatic rings. The van der Waals surface area contributed by atoms with Crippen LogP contribution in [-0.4, -0.2) is 6.04 Å². The van der Waals surface area contributed by atoms with Crippen molar-refractivity contribution in [1.82, 2.24) is 0 Å². The van der Waals surface area contributed by atoms with Gasteiger partial charge in [-0.05, 0) is 43.2 Å². The Morgan fingerprint density at radius 2 is 2.07 bits per heavy atom. The van der Waals surface area contributed by atoms with Gasteiger partial charge in [-0.25, -0.2) is 0 Å². The van der Waals surface area contributed by atoms with Crippen LogP contribution in [0, 0.1) is 12.8 Å². The van der Waals surface area contributed by atoms with Crippen LogP contribution in [0.1, 0.15) is 36.8 Å². The zero-order valence-electron chi connectivity index (χ0n) is 9.58. The van der Waals surface area contributed by atoms with Gasteiger partial charge in [0.25, 0.3) is 0 Å². The summed E-state index contributed by atoms with van der Waals surface area (Å²) < 4.78 is 0. The van der Waals surface area contributed by atoms with Gasteiger partial charge in [-0.1, -0.05) is 37.1 Å². The zero-order valence-corrected chi connectivity index (χ0v) is 9.58. The molecule has 1 saturated carbocycles. The van der Waals surface area contributed by atoms with E-state index in [1.54, 1.807) is 0 Å². The SMILES string of the molecule is Cc1ccccc1CC(N)CCC1CC1. The second kappa shape index (κ2) is 4.80. The zero-order chi connectivity index (χ0) is 10.7. The fraction of sp³-hybridized carbons (Fsp3) is 0.571. The van der Waals surface area contributed by atoms with Crippen molar-refractivity contribution < 1.29 is 0 Å². The lowest BCUT2D eigenvalue weighted by Crippen LogP contribution is -2.23. The van der Waals surface area contributed by atoms with Gasteiger partial charge < -0.3 is 5.73 Å². The van der Waals surface area contributed by atoms with Gasteiger partial charge in [0, 0.05) is 6.04 Å². The Kier molecular flexibility index (Phi) is 3.42. The molecule has 1 aliphatic carbocycles. The lowest BCUT2D eigenvalue weighted by atomic mass is 9.98. The largest absolute Gasteiger partial charge is 0.327 e. The van der Waals surface area contributed by atoms with Crippen molar-refractivity contribution in [3.63, 3.8) is 0 Å². The second-order valence-corrected chi connectivity index (χ2v) is 4.91. The Bertz CT molecular complexity index is 315. The summed E-state index contributed by atoms with van der Waals surface area (Å²) in [5.41, 5.74) is 8.94.